The molecule has 0 spiro atoms. The predicted octanol–water partition coefficient (Wildman–Crippen LogP) is 7.38. The number of esters is 2. The Bertz CT molecular complexity index is 907. The highest BCUT2D eigenvalue weighted by Crippen LogP contribution is 2.38. The maximum Gasteiger partial charge on any atom is 0.306 e. The summed E-state index contributed by atoms with van der Waals surface area (Å²) < 4.78 is 33.3. The predicted molar refractivity (Wildman–Crippen MR) is 176 cm³/mol. The molecule has 0 amide bonds. The van der Waals surface area contributed by atoms with Crippen LogP contribution in [0.5, 0.6) is 0 Å². The second-order valence-electron chi connectivity index (χ2n) is 11.8. The number of hydrogen-bond acceptors (Lipinski definition) is 8. The van der Waals surface area contributed by atoms with Gasteiger partial charge in [-0.15, -0.1) is 0 Å². The molecule has 0 aromatic rings. The normalized spacial score (nSPS) is 14.6. The Morgan fingerprint density at radius 2 is 1.30 bits per heavy atom. The van der Waals surface area contributed by atoms with Crippen molar-refractivity contribution < 1.29 is 42.1 Å². The van der Waals surface area contributed by atoms with Crippen molar-refractivity contribution in [3.63, 3.8) is 0 Å². The molecule has 0 saturated carbocycles. The van der Waals surface area contributed by atoms with Crippen molar-refractivity contribution in [2.75, 3.05) is 47.5 Å². The molecular weight excluding hydrogens is 581 g/mol. The van der Waals surface area contributed by atoms with Gasteiger partial charge in [-0.25, -0.2) is 0 Å². The second-order valence-corrected chi connectivity index (χ2v) is 13.2. The lowest BCUT2D eigenvalue weighted by molar-refractivity contribution is -0.870. The summed E-state index contributed by atoms with van der Waals surface area (Å²) in [5.74, 6) is -0.900. The van der Waals surface area contributed by atoms with E-state index < -0.39 is 32.5 Å². The number of hydrogen-bond donors (Lipinski definition) is 0. The highest BCUT2D eigenvalue weighted by Gasteiger charge is 2.21. The number of phosphoric acid groups is 1. The first-order valence-electron chi connectivity index (χ1n) is 16.3. The fraction of sp³-hybridized carbons (Fsp3) is 0.706. The average Bonchev–Trinajstić information content (AvgIpc) is 2.95. The van der Waals surface area contributed by atoms with E-state index in [4.69, 9.17) is 18.5 Å². The Hall–Kier alpha value is -2.03. The van der Waals surface area contributed by atoms with E-state index in [2.05, 4.69) is 55.5 Å². The van der Waals surface area contributed by atoms with Crippen LogP contribution in [0, 0.1) is 0 Å². The van der Waals surface area contributed by atoms with E-state index in [0.717, 1.165) is 64.2 Å². The number of ether oxygens (including phenoxy) is 2. The molecule has 44 heavy (non-hydrogen) atoms. The molecule has 0 aliphatic heterocycles. The SMILES string of the molecule is CC/C=C\C/C=C\C/C=C\C/C=C\CCCCCCC(=O)OC(COC(=O)CCCCC)COP(=O)([O-])OCC[N+](C)(C)C. The van der Waals surface area contributed by atoms with Crippen LogP contribution in [0.2, 0.25) is 0 Å². The number of nitrogens with zero attached hydrogens (tertiary/aromatic N) is 1. The zero-order chi connectivity index (χ0) is 32.9. The van der Waals surface area contributed by atoms with Gasteiger partial charge in [0.2, 0.25) is 0 Å². The van der Waals surface area contributed by atoms with Crippen LogP contribution in [0.25, 0.3) is 0 Å². The highest BCUT2D eigenvalue weighted by atomic mass is 31.2. The first-order chi connectivity index (χ1) is 21.0. The number of rotatable bonds is 28. The Morgan fingerprint density at radius 3 is 1.91 bits per heavy atom. The van der Waals surface area contributed by atoms with Gasteiger partial charge in [-0.2, -0.15) is 0 Å². The van der Waals surface area contributed by atoms with Crippen LogP contribution in [0.3, 0.4) is 0 Å². The molecule has 0 aliphatic carbocycles. The van der Waals surface area contributed by atoms with Crippen LogP contribution in [0.15, 0.2) is 48.6 Å². The van der Waals surface area contributed by atoms with Gasteiger partial charge in [0.1, 0.15) is 19.8 Å². The third-order valence-corrected chi connectivity index (χ3v) is 7.33. The topological polar surface area (TPSA) is 111 Å². The molecule has 0 bridgehead atoms. The van der Waals surface area contributed by atoms with E-state index in [-0.39, 0.29) is 26.1 Å². The molecular formula is C34H60NO8P. The summed E-state index contributed by atoms with van der Waals surface area (Å²) >= 11 is 0. The summed E-state index contributed by atoms with van der Waals surface area (Å²) in [6.07, 6.45) is 28.0. The van der Waals surface area contributed by atoms with Crippen molar-refractivity contribution in [2.24, 2.45) is 0 Å². The molecule has 10 heteroatoms. The number of likely N-dealkylation sites (N-methyl/N-ethyl adjacent to an activating group) is 1. The molecule has 0 N–H and O–H groups in total. The first kappa shape index (κ1) is 42.0. The molecule has 2 unspecified atom stereocenters. The van der Waals surface area contributed by atoms with Crippen molar-refractivity contribution in [2.45, 2.75) is 110 Å². The van der Waals surface area contributed by atoms with E-state index in [9.17, 15) is 19.0 Å². The van der Waals surface area contributed by atoms with Gasteiger partial charge in [0.05, 0.1) is 27.7 Å². The molecule has 0 radical (unpaired) electrons. The van der Waals surface area contributed by atoms with Gasteiger partial charge in [-0.1, -0.05) is 88.1 Å². The molecule has 0 aromatic heterocycles. The molecule has 0 saturated heterocycles. The molecule has 254 valence electrons. The van der Waals surface area contributed by atoms with Crippen LogP contribution < -0.4 is 4.89 Å². The van der Waals surface area contributed by atoms with Gasteiger partial charge in [-0.3, -0.25) is 14.2 Å². The summed E-state index contributed by atoms with van der Waals surface area (Å²) in [4.78, 5) is 36.7. The van der Waals surface area contributed by atoms with Gasteiger partial charge in [0, 0.05) is 12.8 Å². The van der Waals surface area contributed by atoms with E-state index in [1.54, 1.807) is 0 Å². The van der Waals surface area contributed by atoms with Crippen LogP contribution in [-0.2, 0) is 32.7 Å². The van der Waals surface area contributed by atoms with E-state index >= 15 is 0 Å². The molecule has 0 fully saturated rings. The molecule has 0 rings (SSSR count). The maximum absolute atomic E-state index is 12.5. The minimum atomic E-state index is -4.61. The number of unbranched alkanes of at least 4 members (excludes halogenated alkanes) is 6. The Kier molecular flexibility index (Phi) is 26.0. The lowest BCUT2D eigenvalue weighted by atomic mass is 10.1. The molecule has 0 aromatic carbocycles. The maximum atomic E-state index is 12.5. The molecule has 2 atom stereocenters. The fourth-order valence-electron chi connectivity index (χ4n) is 3.76. The van der Waals surface area contributed by atoms with Crippen molar-refractivity contribution in [3.05, 3.63) is 48.6 Å². The minimum absolute atomic E-state index is 0.0383. The van der Waals surface area contributed by atoms with Gasteiger partial charge in [-0.05, 0) is 51.4 Å². The van der Waals surface area contributed by atoms with Crippen molar-refractivity contribution in [1.29, 1.82) is 0 Å². The summed E-state index contributed by atoms with van der Waals surface area (Å²) in [6, 6.07) is 0. The third-order valence-electron chi connectivity index (χ3n) is 6.36. The van der Waals surface area contributed by atoms with Crippen LogP contribution in [0.4, 0.5) is 0 Å². The van der Waals surface area contributed by atoms with Gasteiger partial charge < -0.3 is 27.9 Å². The monoisotopic (exact) mass is 641 g/mol. The number of phosphoric ester groups is 1. The minimum Gasteiger partial charge on any atom is -0.756 e. The average molecular weight is 642 g/mol. The lowest BCUT2D eigenvalue weighted by Crippen LogP contribution is -2.37. The Morgan fingerprint density at radius 1 is 0.727 bits per heavy atom. The van der Waals surface area contributed by atoms with Gasteiger partial charge in [0.25, 0.3) is 7.82 Å². The third kappa shape index (κ3) is 30.0. The van der Waals surface area contributed by atoms with Crippen LogP contribution >= 0.6 is 7.82 Å². The Balaban J connectivity index is 4.37. The van der Waals surface area contributed by atoms with Crippen molar-refractivity contribution >= 4 is 19.8 Å². The van der Waals surface area contributed by atoms with Crippen LogP contribution in [-0.4, -0.2) is 70.0 Å². The highest BCUT2D eigenvalue weighted by molar-refractivity contribution is 7.45. The fourth-order valence-corrected chi connectivity index (χ4v) is 4.49. The van der Waals surface area contributed by atoms with E-state index in [1.165, 1.54) is 0 Å². The Labute approximate surface area is 267 Å². The van der Waals surface area contributed by atoms with E-state index in [1.807, 2.05) is 28.1 Å². The molecule has 0 heterocycles. The van der Waals surface area contributed by atoms with Crippen LogP contribution in [0.1, 0.15) is 104 Å². The smallest absolute Gasteiger partial charge is 0.306 e. The summed E-state index contributed by atoms with van der Waals surface area (Å²) in [7, 11) is 1.13. The summed E-state index contributed by atoms with van der Waals surface area (Å²) in [5.41, 5.74) is 0. The standard InChI is InChI=1S/C34H60NO8P/c1-6-8-10-11-12-13-14-15-16-17-18-19-20-21-22-23-25-27-34(37)43-32(30-40-33(36)26-24-9-7-2)31-42-44(38,39)41-29-28-35(3,4)5/h8,10,12-13,15-16,18-19,32H,6-7,9,11,14,17,20-31H2,1-5H3/b10-8-,13-12-,16-15-,19-18-. The van der Waals surface area contributed by atoms with Crippen molar-refractivity contribution in [3.8, 4) is 0 Å². The lowest BCUT2D eigenvalue weighted by Gasteiger charge is -2.28. The first-order valence-corrected chi connectivity index (χ1v) is 17.8. The number of allylic oxidation sites excluding steroid dienone is 8. The number of carbonyl (C=O) groups excluding carboxylic acids is 2. The number of quaternary nitrogens is 1. The second kappa shape index (κ2) is 27.3. The van der Waals surface area contributed by atoms with E-state index in [0.29, 0.717) is 23.9 Å². The quantitative estimate of drug-likeness (QED) is 0.0286. The zero-order valence-corrected chi connectivity index (χ0v) is 29.0. The van der Waals surface area contributed by atoms with Gasteiger partial charge >= 0.3 is 11.9 Å². The van der Waals surface area contributed by atoms with Crippen molar-refractivity contribution in [1.82, 2.24) is 0 Å². The number of carbonyl (C=O) groups is 2. The largest absolute Gasteiger partial charge is 0.756 e. The van der Waals surface area contributed by atoms with Gasteiger partial charge in [0.15, 0.2) is 6.10 Å². The summed E-state index contributed by atoms with van der Waals surface area (Å²) in [5, 5.41) is 0. The molecule has 9 nitrogen and oxygen atoms in total. The zero-order valence-electron chi connectivity index (χ0n) is 28.1. The molecule has 0 aliphatic rings. The summed E-state index contributed by atoms with van der Waals surface area (Å²) in [6.45, 7) is 3.85.